The molecule has 0 aliphatic heterocycles. The summed E-state index contributed by atoms with van der Waals surface area (Å²) in [4.78, 5) is 4.79. The predicted octanol–water partition coefficient (Wildman–Crippen LogP) is 1.44. The molecule has 0 aliphatic carbocycles. The minimum atomic E-state index is 0.495. The first-order valence-corrected chi connectivity index (χ1v) is 3.56. The van der Waals surface area contributed by atoms with Crippen LogP contribution in [0.25, 0.3) is 4.96 Å². The van der Waals surface area contributed by atoms with Crippen molar-refractivity contribution in [3.63, 3.8) is 0 Å². The number of nitrogens with zero attached hydrogens (tertiary/aromatic N) is 3. The maximum Gasteiger partial charge on any atom is 0.213 e. The lowest BCUT2D eigenvalue weighted by Crippen LogP contribution is -1.75. The molecular formula is C4H2ClN3S. The van der Waals surface area contributed by atoms with Crippen molar-refractivity contribution in [2.45, 2.75) is 0 Å². The van der Waals surface area contributed by atoms with Crippen molar-refractivity contribution in [1.29, 1.82) is 0 Å². The van der Waals surface area contributed by atoms with Crippen LogP contribution in [0, 0.1) is 0 Å². The minimum Gasteiger partial charge on any atom is -0.210 e. The van der Waals surface area contributed by atoms with E-state index in [-0.39, 0.29) is 0 Å². The number of halogens is 1. The fraction of sp³-hybridized carbons (Fsp3) is 0. The van der Waals surface area contributed by atoms with Crippen LogP contribution < -0.4 is 0 Å². The fourth-order valence-electron chi connectivity index (χ4n) is 0.612. The van der Waals surface area contributed by atoms with Crippen molar-refractivity contribution in [2.24, 2.45) is 0 Å². The number of fused-ring (bicyclic) bond motifs is 1. The molecule has 0 fully saturated rings. The largest absolute Gasteiger partial charge is 0.213 e. The molecule has 0 bridgehead atoms. The van der Waals surface area contributed by atoms with Gasteiger partial charge in [0.2, 0.25) is 4.96 Å². The van der Waals surface area contributed by atoms with Crippen molar-refractivity contribution in [3.8, 4) is 0 Å². The molecule has 0 aromatic carbocycles. The molecule has 2 aromatic rings. The Kier molecular flexibility index (Phi) is 0.972. The van der Waals surface area contributed by atoms with E-state index >= 15 is 0 Å². The summed E-state index contributed by atoms with van der Waals surface area (Å²) >= 11 is 7.02. The summed E-state index contributed by atoms with van der Waals surface area (Å²) in [6.07, 6.45) is 1.67. The predicted molar refractivity (Wildman–Crippen MR) is 35.9 cm³/mol. The Morgan fingerprint density at radius 3 is 3.33 bits per heavy atom. The molecule has 3 nitrogen and oxygen atoms in total. The average Bonchev–Trinajstić information content (AvgIpc) is 2.22. The first-order valence-electron chi connectivity index (χ1n) is 2.30. The van der Waals surface area contributed by atoms with E-state index in [0.717, 1.165) is 4.96 Å². The second-order valence-electron chi connectivity index (χ2n) is 1.53. The van der Waals surface area contributed by atoms with Crippen LogP contribution in [0.15, 0.2) is 11.7 Å². The normalized spacial score (nSPS) is 10.8. The number of imidazole rings is 1. The zero-order chi connectivity index (χ0) is 6.27. The van der Waals surface area contributed by atoms with Gasteiger partial charge in [-0.1, -0.05) is 22.9 Å². The van der Waals surface area contributed by atoms with Crippen LogP contribution in [0.3, 0.4) is 0 Å². The summed E-state index contributed by atoms with van der Waals surface area (Å²) in [7, 11) is 0. The van der Waals surface area contributed by atoms with Gasteiger partial charge in [0.25, 0.3) is 0 Å². The van der Waals surface area contributed by atoms with E-state index in [1.165, 1.54) is 11.3 Å². The summed E-state index contributed by atoms with van der Waals surface area (Å²) in [6.45, 7) is 0. The number of hydrogen-bond acceptors (Lipinski definition) is 3. The van der Waals surface area contributed by atoms with Crippen molar-refractivity contribution in [3.05, 3.63) is 16.9 Å². The lowest BCUT2D eigenvalue weighted by molar-refractivity contribution is 0.974. The lowest BCUT2D eigenvalue weighted by Gasteiger charge is -1.69. The molecule has 0 N–H and O–H groups in total. The molecule has 0 unspecified atom stereocenters. The molecule has 0 saturated carbocycles. The van der Waals surface area contributed by atoms with Gasteiger partial charge in [-0.3, -0.25) is 0 Å². The second kappa shape index (κ2) is 1.68. The molecule has 2 rings (SSSR count). The summed E-state index contributed by atoms with van der Waals surface area (Å²) in [5, 5.41) is 4.42. The molecule has 0 radical (unpaired) electrons. The van der Waals surface area contributed by atoms with E-state index in [1.807, 2.05) is 0 Å². The highest BCUT2D eigenvalue weighted by atomic mass is 35.5. The zero-order valence-electron chi connectivity index (χ0n) is 4.28. The van der Waals surface area contributed by atoms with Crippen LogP contribution in [-0.4, -0.2) is 14.6 Å². The molecule has 46 valence electrons. The van der Waals surface area contributed by atoms with E-state index < -0.39 is 0 Å². The summed E-state index contributed by atoms with van der Waals surface area (Å²) < 4.78 is 1.65. The SMILES string of the molecule is Clc1cn2ncsc2n1. The molecule has 9 heavy (non-hydrogen) atoms. The Labute approximate surface area is 59.9 Å². The highest BCUT2D eigenvalue weighted by molar-refractivity contribution is 7.14. The van der Waals surface area contributed by atoms with Gasteiger partial charge >= 0.3 is 0 Å². The molecule has 2 heterocycles. The zero-order valence-corrected chi connectivity index (χ0v) is 5.85. The monoisotopic (exact) mass is 159 g/mol. The molecular weight excluding hydrogens is 158 g/mol. The van der Waals surface area contributed by atoms with Crippen molar-refractivity contribution >= 4 is 27.9 Å². The van der Waals surface area contributed by atoms with Gasteiger partial charge < -0.3 is 0 Å². The van der Waals surface area contributed by atoms with Crippen LogP contribution in [-0.2, 0) is 0 Å². The molecule has 0 spiro atoms. The standard InChI is InChI=1S/C4H2ClN3S/c5-3-1-8-4(7-3)9-2-6-8/h1-2H. The minimum absolute atomic E-state index is 0.495. The smallest absolute Gasteiger partial charge is 0.210 e. The van der Waals surface area contributed by atoms with Crippen molar-refractivity contribution < 1.29 is 0 Å². The highest BCUT2D eigenvalue weighted by Gasteiger charge is 1.97. The maximum absolute atomic E-state index is 5.56. The van der Waals surface area contributed by atoms with Gasteiger partial charge in [0.1, 0.15) is 5.51 Å². The van der Waals surface area contributed by atoms with E-state index in [4.69, 9.17) is 11.6 Å². The molecule has 0 saturated heterocycles. The first-order chi connectivity index (χ1) is 4.36. The highest BCUT2D eigenvalue weighted by Crippen LogP contribution is 2.11. The Morgan fingerprint density at radius 1 is 1.67 bits per heavy atom. The Hall–Kier alpha value is -0.610. The van der Waals surface area contributed by atoms with Gasteiger partial charge in [0, 0.05) is 0 Å². The van der Waals surface area contributed by atoms with E-state index in [2.05, 4.69) is 10.1 Å². The third-order valence-electron chi connectivity index (χ3n) is 0.957. The van der Waals surface area contributed by atoms with E-state index in [1.54, 1.807) is 16.2 Å². The van der Waals surface area contributed by atoms with Gasteiger partial charge in [-0.25, -0.2) is 9.50 Å². The van der Waals surface area contributed by atoms with Gasteiger partial charge in [0.05, 0.1) is 6.20 Å². The van der Waals surface area contributed by atoms with Crippen LogP contribution >= 0.6 is 22.9 Å². The molecule has 0 atom stereocenters. The van der Waals surface area contributed by atoms with Crippen LogP contribution in [0.1, 0.15) is 0 Å². The number of aromatic nitrogens is 3. The van der Waals surface area contributed by atoms with E-state index in [0.29, 0.717) is 5.15 Å². The fourth-order valence-corrected chi connectivity index (χ4v) is 1.44. The van der Waals surface area contributed by atoms with Gasteiger partial charge in [0.15, 0.2) is 5.15 Å². The summed E-state index contributed by atoms with van der Waals surface area (Å²) in [6, 6.07) is 0. The Balaban J connectivity index is 2.92. The van der Waals surface area contributed by atoms with Crippen LogP contribution in [0.4, 0.5) is 0 Å². The molecule has 0 aliphatic rings. The van der Waals surface area contributed by atoms with Gasteiger partial charge in [-0.05, 0) is 0 Å². The number of hydrogen-bond donors (Lipinski definition) is 0. The second-order valence-corrected chi connectivity index (χ2v) is 2.73. The maximum atomic E-state index is 5.56. The lowest BCUT2D eigenvalue weighted by atomic mass is 10.9. The topological polar surface area (TPSA) is 30.2 Å². The van der Waals surface area contributed by atoms with Crippen molar-refractivity contribution in [2.75, 3.05) is 0 Å². The van der Waals surface area contributed by atoms with Crippen LogP contribution in [0.2, 0.25) is 5.15 Å². The quantitative estimate of drug-likeness (QED) is 0.583. The first kappa shape index (κ1) is 5.20. The summed E-state index contributed by atoms with van der Waals surface area (Å²) in [5.74, 6) is 0. The Morgan fingerprint density at radius 2 is 2.56 bits per heavy atom. The van der Waals surface area contributed by atoms with E-state index in [9.17, 15) is 0 Å². The molecule has 0 amide bonds. The van der Waals surface area contributed by atoms with Crippen molar-refractivity contribution in [1.82, 2.24) is 14.6 Å². The van der Waals surface area contributed by atoms with Gasteiger partial charge in [-0.15, -0.1) is 0 Å². The average molecular weight is 160 g/mol. The Bertz CT molecular complexity index is 297. The third-order valence-corrected chi connectivity index (χ3v) is 1.83. The third kappa shape index (κ3) is 0.710. The van der Waals surface area contributed by atoms with Crippen LogP contribution in [0.5, 0.6) is 0 Å². The van der Waals surface area contributed by atoms with Gasteiger partial charge in [-0.2, -0.15) is 5.10 Å². The molecule has 5 heteroatoms. The molecule has 2 aromatic heterocycles. The summed E-state index contributed by atoms with van der Waals surface area (Å²) in [5.41, 5.74) is 1.72. The number of rotatable bonds is 0.